The maximum Gasteiger partial charge on any atom is 0 e. The summed E-state index contributed by atoms with van der Waals surface area (Å²) in [6.45, 7) is 0. The van der Waals surface area contributed by atoms with Crippen LogP contribution < -0.4 is 0 Å². The quantitative estimate of drug-likeness (QED) is 0.497. The average molecular weight is 262 g/mol. The Morgan fingerprint density at radius 2 is 0.385 bits per heavy atom. The fourth-order valence-electron chi connectivity index (χ4n) is 0.385. The van der Waals surface area contributed by atoms with Gasteiger partial charge in [0.25, 0.3) is 0 Å². The van der Waals surface area contributed by atoms with E-state index in [-0.39, 0.29) is 45.3 Å². The third-order valence-corrected chi connectivity index (χ3v) is 0.667. The molecule has 0 heterocycles. The van der Waals surface area contributed by atoms with Crippen LogP contribution in [-0.4, -0.2) is 0 Å². The van der Waals surface area contributed by atoms with Crippen LogP contribution in [0.4, 0.5) is 28.2 Å². The maximum atomic E-state index is 2.00. The summed E-state index contributed by atoms with van der Waals surface area (Å²) in [4.78, 5) is 0. The summed E-state index contributed by atoms with van der Waals surface area (Å²) >= 11 is 0. The molecule has 0 amide bonds. The van der Waals surface area contributed by atoms with Crippen molar-refractivity contribution in [3.63, 3.8) is 0 Å². The second-order valence-electron chi connectivity index (χ2n) is 1.15. The topological polar surface area (TPSA) is 0 Å². The Morgan fingerprint density at radius 1 is 0.308 bits per heavy atom. The molecule has 13 heavy (non-hydrogen) atoms. The summed E-state index contributed by atoms with van der Waals surface area (Å²) < 4.78 is 0. The molecule has 1 aromatic carbocycles. The van der Waals surface area contributed by atoms with Crippen molar-refractivity contribution < 1.29 is 45.3 Å². The van der Waals surface area contributed by atoms with Crippen molar-refractivity contribution in [2.24, 2.45) is 0 Å². The third kappa shape index (κ3) is 34.7. The second-order valence-corrected chi connectivity index (χ2v) is 1.15. The van der Waals surface area contributed by atoms with E-state index in [2.05, 4.69) is 0 Å². The van der Waals surface area contributed by atoms with E-state index in [4.69, 9.17) is 0 Å². The van der Waals surface area contributed by atoms with E-state index in [1.165, 1.54) is 0 Å². The molecular formula is C6H12CuF6. The molecule has 0 atom stereocenters. The summed E-state index contributed by atoms with van der Waals surface area (Å²) in [5.74, 6) is 0. The van der Waals surface area contributed by atoms with E-state index < -0.39 is 0 Å². The molecule has 0 nitrogen and oxygen atoms in total. The summed E-state index contributed by atoms with van der Waals surface area (Å²) in [7, 11) is 0. The normalized spacial score (nSPS) is 3.69. The van der Waals surface area contributed by atoms with Crippen LogP contribution in [-0.2, 0) is 17.1 Å². The minimum Gasteiger partial charge on any atom is -0.269 e. The Kier molecular flexibility index (Phi) is 183. The van der Waals surface area contributed by atoms with Crippen LogP contribution in [0, 0.1) is 0 Å². The van der Waals surface area contributed by atoms with E-state index in [0.29, 0.717) is 0 Å². The zero-order valence-electron chi connectivity index (χ0n) is 6.22. The number of hydrogen-bond acceptors (Lipinski definition) is 0. The summed E-state index contributed by atoms with van der Waals surface area (Å²) in [6.07, 6.45) is 0. The molecule has 0 saturated heterocycles. The van der Waals surface area contributed by atoms with Crippen LogP contribution in [0.15, 0.2) is 36.4 Å². The molecule has 0 unspecified atom stereocenters. The van der Waals surface area contributed by atoms with E-state index in [1.807, 2.05) is 36.4 Å². The van der Waals surface area contributed by atoms with E-state index in [0.717, 1.165) is 0 Å². The molecule has 0 fully saturated rings. The fraction of sp³-hybridized carbons (Fsp3) is 0. The van der Waals surface area contributed by atoms with Crippen molar-refractivity contribution in [1.29, 1.82) is 0 Å². The van der Waals surface area contributed by atoms with E-state index >= 15 is 0 Å². The minimum atomic E-state index is 0. The molecule has 0 N–H and O–H groups in total. The zero-order valence-corrected chi connectivity index (χ0v) is 7.16. The van der Waals surface area contributed by atoms with Gasteiger partial charge in [0.05, 0.1) is 0 Å². The summed E-state index contributed by atoms with van der Waals surface area (Å²) in [5.41, 5.74) is 0. The molecule has 0 bridgehead atoms. The van der Waals surface area contributed by atoms with Gasteiger partial charge in [-0.05, 0) is 0 Å². The molecule has 0 spiro atoms. The average Bonchev–Trinajstić information content (AvgIpc) is 1.72. The van der Waals surface area contributed by atoms with Gasteiger partial charge in [-0.1, -0.05) is 36.4 Å². The second kappa shape index (κ2) is 42.6. The smallest absolute Gasteiger partial charge is 0 e. The van der Waals surface area contributed by atoms with Gasteiger partial charge in [0, 0.05) is 17.1 Å². The Morgan fingerprint density at radius 3 is 0.462 bits per heavy atom. The van der Waals surface area contributed by atoms with Crippen molar-refractivity contribution in [1.82, 2.24) is 0 Å². The first kappa shape index (κ1) is 55.8. The molecule has 1 rings (SSSR count). The standard InChI is InChI=1S/C6H6.Cu.6FH/c1-2-4-6-5-3-1;;;;;;;/h1-6H;;6*1H. The largest absolute Gasteiger partial charge is 0.269 e. The number of rotatable bonds is 0. The predicted octanol–water partition coefficient (Wildman–Crippen LogP) is 2.60. The molecular weight excluding hydrogens is 250 g/mol. The number of halogens is 6. The Bertz CT molecular complexity index is 89.0. The summed E-state index contributed by atoms with van der Waals surface area (Å²) in [6, 6.07) is 12.0. The first-order valence-corrected chi connectivity index (χ1v) is 2.00. The van der Waals surface area contributed by atoms with Gasteiger partial charge in [-0.2, -0.15) is 0 Å². The van der Waals surface area contributed by atoms with Gasteiger partial charge in [-0.3, -0.25) is 28.2 Å². The van der Waals surface area contributed by atoms with Gasteiger partial charge in [0.1, 0.15) is 0 Å². The third-order valence-electron chi connectivity index (χ3n) is 0.667. The molecule has 7 heteroatoms. The molecule has 0 aromatic heterocycles. The maximum absolute atomic E-state index is 2.00. The molecule has 0 saturated carbocycles. The Labute approximate surface area is 82.4 Å². The van der Waals surface area contributed by atoms with Gasteiger partial charge < -0.3 is 0 Å². The summed E-state index contributed by atoms with van der Waals surface area (Å²) in [5, 5.41) is 0. The molecule has 1 aromatic rings. The zero-order chi connectivity index (χ0) is 4.24. The first-order valence-electron chi connectivity index (χ1n) is 2.00. The van der Waals surface area contributed by atoms with Crippen LogP contribution in [0.5, 0.6) is 0 Å². The molecule has 0 aliphatic rings. The monoisotopic (exact) mass is 261 g/mol. The number of benzene rings is 1. The molecule has 1 radical (unpaired) electrons. The van der Waals surface area contributed by atoms with Gasteiger partial charge in [-0.15, -0.1) is 0 Å². The van der Waals surface area contributed by atoms with Crippen LogP contribution in [0.2, 0.25) is 0 Å². The van der Waals surface area contributed by atoms with Gasteiger partial charge in [0.15, 0.2) is 0 Å². The molecule has 0 aliphatic carbocycles. The van der Waals surface area contributed by atoms with Crippen molar-refractivity contribution in [2.45, 2.75) is 0 Å². The Hall–Kier alpha value is -0.681. The van der Waals surface area contributed by atoms with Crippen LogP contribution >= 0.6 is 0 Å². The number of hydrogen-bond donors (Lipinski definition) is 0. The van der Waals surface area contributed by atoms with Crippen molar-refractivity contribution in [2.75, 3.05) is 0 Å². The van der Waals surface area contributed by atoms with Crippen molar-refractivity contribution in [3.8, 4) is 0 Å². The van der Waals surface area contributed by atoms with Gasteiger partial charge in [-0.25, -0.2) is 0 Å². The molecule has 89 valence electrons. The Balaban J connectivity index is -0.0000000103. The SMILES string of the molecule is F.F.F.F.F.F.[Cu].c1ccccc1. The van der Waals surface area contributed by atoms with Crippen LogP contribution in [0.1, 0.15) is 0 Å². The van der Waals surface area contributed by atoms with E-state index in [9.17, 15) is 0 Å². The fourth-order valence-corrected chi connectivity index (χ4v) is 0.385. The first-order chi connectivity index (χ1) is 3.00. The van der Waals surface area contributed by atoms with Crippen molar-refractivity contribution in [3.05, 3.63) is 36.4 Å². The van der Waals surface area contributed by atoms with Gasteiger partial charge in [0.2, 0.25) is 0 Å². The predicted molar refractivity (Wildman–Crippen MR) is 41.5 cm³/mol. The van der Waals surface area contributed by atoms with Crippen LogP contribution in [0.25, 0.3) is 0 Å². The van der Waals surface area contributed by atoms with Gasteiger partial charge >= 0.3 is 0 Å². The minimum absolute atomic E-state index is 0. The van der Waals surface area contributed by atoms with Crippen LogP contribution in [0.3, 0.4) is 0 Å². The van der Waals surface area contributed by atoms with E-state index in [1.54, 1.807) is 0 Å². The molecule has 0 aliphatic heterocycles. The van der Waals surface area contributed by atoms with Crippen molar-refractivity contribution >= 4 is 0 Å².